The summed E-state index contributed by atoms with van der Waals surface area (Å²) in [7, 11) is 1.64. The van der Waals surface area contributed by atoms with E-state index in [-0.39, 0.29) is 17.2 Å². The van der Waals surface area contributed by atoms with E-state index in [1.807, 2.05) is 24.3 Å². The number of carbonyl (C=O) groups is 1. The maximum atomic E-state index is 12.7. The first-order chi connectivity index (χ1) is 12.6. The van der Waals surface area contributed by atoms with E-state index in [1.54, 1.807) is 32.6 Å². The Kier molecular flexibility index (Phi) is 3.55. The lowest BCUT2D eigenvalue weighted by atomic mass is 10.1. The Morgan fingerprint density at radius 1 is 1.38 bits per heavy atom. The SMILES string of the molecule is Cc1nn(C)c(C#N)c1C(=O)Nc1ccc2[nH]nc(-c3ccoc3)c2c1. The van der Waals surface area contributed by atoms with Gasteiger partial charge < -0.3 is 9.73 Å². The fourth-order valence-corrected chi connectivity index (χ4v) is 2.96. The van der Waals surface area contributed by atoms with E-state index in [0.717, 1.165) is 22.2 Å². The average Bonchev–Trinajstić information content (AvgIpc) is 3.32. The molecule has 3 aromatic heterocycles. The van der Waals surface area contributed by atoms with Crippen LogP contribution in [0.5, 0.6) is 0 Å². The molecule has 4 rings (SSSR count). The second-order valence-electron chi connectivity index (χ2n) is 5.84. The standard InChI is InChI=1S/C18H14N6O2/c1-10-16(15(8-19)24(2)23-10)18(25)20-12-3-4-14-13(7-12)17(22-21-14)11-5-6-26-9-11/h3-7,9H,1-2H3,(H,20,25)(H,21,22). The predicted molar refractivity (Wildman–Crippen MR) is 94.4 cm³/mol. The number of H-pyrrole nitrogens is 1. The highest BCUT2D eigenvalue weighted by atomic mass is 16.3. The molecule has 0 aliphatic heterocycles. The summed E-state index contributed by atoms with van der Waals surface area (Å²) in [4.78, 5) is 12.7. The number of hydrogen-bond donors (Lipinski definition) is 2. The number of anilines is 1. The summed E-state index contributed by atoms with van der Waals surface area (Å²) < 4.78 is 6.52. The topological polar surface area (TPSA) is 113 Å². The zero-order valence-electron chi connectivity index (χ0n) is 14.1. The maximum absolute atomic E-state index is 12.7. The van der Waals surface area contributed by atoms with Crippen LogP contribution in [0, 0.1) is 18.3 Å². The lowest BCUT2D eigenvalue weighted by Gasteiger charge is -2.05. The highest BCUT2D eigenvalue weighted by Gasteiger charge is 2.20. The van der Waals surface area contributed by atoms with E-state index in [1.165, 1.54) is 4.68 Å². The van der Waals surface area contributed by atoms with Crippen LogP contribution in [-0.2, 0) is 7.05 Å². The second kappa shape index (κ2) is 5.89. The molecule has 8 heteroatoms. The van der Waals surface area contributed by atoms with Crippen LogP contribution >= 0.6 is 0 Å². The van der Waals surface area contributed by atoms with Crippen molar-refractivity contribution in [1.29, 1.82) is 5.26 Å². The van der Waals surface area contributed by atoms with Crippen LogP contribution in [0.3, 0.4) is 0 Å². The molecule has 26 heavy (non-hydrogen) atoms. The van der Waals surface area contributed by atoms with Crippen LogP contribution in [0.2, 0.25) is 0 Å². The number of amides is 1. The number of nitrogens with one attached hydrogen (secondary N) is 2. The van der Waals surface area contributed by atoms with Crippen LogP contribution in [0.15, 0.2) is 41.2 Å². The molecule has 0 atom stereocenters. The lowest BCUT2D eigenvalue weighted by Crippen LogP contribution is -2.14. The zero-order chi connectivity index (χ0) is 18.3. The third-order valence-electron chi connectivity index (χ3n) is 4.17. The Bertz CT molecular complexity index is 1160. The molecular weight excluding hydrogens is 332 g/mol. The molecule has 4 aromatic rings. The Balaban J connectivity index is 1.71. The monoisotopic (exact) mass is 346 g/mol. The van der Waals surface area contributed by atoms with Crippen molar-refractivity contribution in [2.45, 2.75) is 6.92 Å². The van der Waals surface area contributed by atoms with Gasteiger partial charge in [0.15, 0.2) is 5.69 Å². The summed E-state index contributed by atoms with van der Waals surface area (Å²) in [6, 6.07) is 9.28. The minimum absolute atomic E-state index is 0.225. The highest BCUT2D eigenvalue weighted by molar-refractivity contribution is 6.07. The molecule has 1 amide bonds. The third-order valence-corrected chi connectivity index (χ3v) is 4.17. The molecule has 0 saturated carbocycles. The van der Waals surface area contributed by atoms with Gasteiger partial charge in [-0.05, 0) is 31.2 Å². The molecular formula is C18H14N6O2. The maximum Gasteiger partial charge on any atom is 0.260 e. The number of aromatic amines is 1. The molecule has 0 aliphatic carbocycles. The van der Waals surface area contributed by atoms with Gasteiger partial charge in [0.05, 0.1) is 29.3 Å². The van der Waals surface area contributed by atoms with E-state index < -0.39 is 0 Å². The summed E-state index contributed by atoms with van der Waals surface area (Å²) in [5.41, 5.74) is 4.02. The van der Waals surface area contributed by atoms with Gasteiger partial charge >= 0.3 is 0 Å². The van der Waals surface area contributed by atoms with Crippen molar-refractivity contribution in [3.8, 4) is 17.3 Å². The molecule has 1 aromatic carbocycles. The van der Waals surface area contributed by atoms with Crippen molar-refractivity contribution in [1.82, 2.24) is 20.0 Å². The number of nitriles is 1. The van der Waals surface area contributed by atoms with Gasteiger partial charge in [-0.3, -0.25) is 14.6 Å². The first kappa shape index (κ1) is 15.7. The van der Waals surface area contributed by atoms with E-state index >= 15 is 0 Å². The number of hydrogen-bond acceptors (Lipinski definition) is 5. The van der Waals surface area contributed by atoms with Gasteiger partial charge in [-0.1, -0.05) is 0 Å². The largest absolute Gasteiger partial charge is 0.472 e. The van der Waals surface area contributed by atoms with Gasteiger partial charge in [0, 0.05) is 23.7 Å². The molecule has 0 fully saturated rings. The Morgan fingerprint density at radius 3 is 2.96 bits per heavy atom. The highest BCUT2D eigenvalue weighted by Crippen LogP contribution is 2.29. The Hall–Kier alpha value is -3.86. The molecule has 128 valence electrons. The molecule has 0 unspecified atom stereocenters. The fraction of sp³-hybridized carbons (Fsp3) is 0.111. The van der Waals surface area contributed by atoms with Gasteiger partial charge in [-0.25, -0.2) is 0 Å². The number of nitrogens with zero attached hydrogens (tertiary/aromatic N) is 4. The molecule has 0 radical (unpaired) electrons. The number of fused-ring (bicyclic) bond motifs is 1. The minimum atomic E-state index is -0.375. The number of furan rings is 1. The van der Waals surface area contributed by atoms with E-state index in [2.05, 4.69) is 20.6 Å². The molecule has 3 heterocycles. The summed E-state index contributed by atoms with van der Waals surface area (Å²) in [5.74, 6) is -0.375. The van der Waals surface area contributed by atoms with Crippen molar-refractivity contribution in [3.63, 3.8) is 0 Å². The zero-order valence-corrected chi connectivity index (χ0v) is 14.1. The van der Waals surface area contributed by atoms with Gasteiger partial charge in [0.2, 0.25) is 0 Å². The number of benzene rings is 1. The quantitative estimate of drug-likeness (QED) is 0.592. The van der Waals surface area contributed by atoms with Crippen LogP contribution in [0.25, 0.3) is 22.2 Å². The Labute approximate surface area is 148 Å². The molecule has 0 aliphatic rings. The van der Waals surface area contributed by atoms with Crippen molar-refractivity contribution in [2.75, 3.05) is 5.32 Å². The van der Waals surface area contributed by atoms with E-state index in [4.69, 9.17) is 4.42 Å². The number of rotatable bonds is 3. The number of aryl methyl sites for hydroxylation is 2. The summed E-state index contributed by atoms with van der Waals surface area (Å²) in [6.45, 7) is 1.70. The van der Waals surface area contributed by atoms with Gasteiger partial charge in [-0.15, -0.1) is 0 Å². The predicted octanol–water partition coefficient (Wildman–Crippen LogP) is 2.99. The molecule has 0 bridgehead atoms. The first-order valence-electron chi connectivity index (χ1n) is 7.84. The molecule has 2 N–H and O–H groups in total. The lowest BCUT2D eigenvalue weighted by molar-refractivity contribution is 0.102. The second-order valence-corrected chi connectivity index (χ2v) is 5.84. The van der Waals surface area contributed by atoms with Crippen molar-refractivity contribution < 1.29 is 9.21 Å². The van der Waals surface area contributed by atoms with Gasteiger partial charge in [-0.2, -0.15) is 15.5 Å². The smallest absolute Gasteiger partial charge is 0.260 e. The molecule has 8 nitrogen and oxygen atoms in total. The van der Waals surface area contributed by atoms with Crippen molar-refractivity contribution >= 4 is 22.5 Å². The van der Waals surface area contributed by atoms with E-state index in [0.29, 0.717) is 11.4 Å². The van der Waals surface area contributed by atoms with Gasteiger partial charge in [0.1, 0.15) is 11.8 Å². The summed E-state index contributed by atoms with van der Waals surface area (Å²) in [6.07, 6.45) is 3.19. The molecule has 0 saturated heterocycles. The molecule has 0 spiro atoms. The fourth-order valence-electron chi connectivity index (χ4n) is 2.96. The normalized spacial score (nSPS) is 10.8. The minimum Gasteiger partial charge on any atom is -0.472 e. The van der Waals surface area contributed by atoms with Crippen molar-refractivity contribution in [3.05, 3.63) is 53.7 Å². The average molecular weight is 346 g/mol. The summed E-state index contributed by atoms with van der Waals surface area (Å²) in [5, 5.41) is 24.4. The van der Waals surface area contributed by atoms with Crippen LogP contribution < -0.4 is 5.32 Å². The van der Waals surface area contributed by atoms with Crippen LogP contribution in [-0.4, -0.2) is 25.9 Å². The Morgan fingerprint density at radius 2 is 2.23 bits per heavy atom. The van der Waals surface area contributed by atoms with Crippen LogP contribution in [0.1, 0.15) is 21.7 Å². The van der Waals surface area contributed by atoms with Crippen LogP contribution in [0.4, 0.5) is 5.69 Å². The van der Waals surface area contributed by atoms with Gasteiger partial charge in [0.25, 0.3) is 5.91 Å². The third kappa shape index (κ3) is 2.43. The van der Waals surface area contributed by atoms with Crippen molar-refractivity contribution in [2.24, 2.45) is 7.05 Å². The summed E-state index contributed by atoms with van der Waals surface area (Å²) >= 11 is 0. The first-order valence-corrected chi connectivity index (χ1v) is 7.84. The van der Waals surface area contributed by atoms with E-state index in [9.17, 15) is 10.1 Å². The number of carbonyl (C=O) groups excluding carboxylic acids is 1. The number of aromatic nitrogens is 4.